The second-order valence-corrected chi connectivity index (χ2v) is 4.56. The summed E-state index contributed by atoms with van der Waals surface area (Å²) in [6.07, 6.45) is 3.66. The molecule has 2 aromatic rings. The number of nitrogens with two attached hydrogens (primary N) is 1. The molecular weight excluding hydrogens is 246 g/mol. The SMILES string of the molecule is CC(C)Oc1cccnc1-n1cccc1C(N)=S. The van der Waals surface area contributed by atoms with Crippen LogP contribution in [0.15, 0.2) is 36.7 Å². The zero-order chi connectivity index (χ0) is 13.1. The summed E-state index contributed by atoms with van der Waals surface area (Å²) in [4.78, 5) is 4.67. The summed E-state index contributed by atoms with van der Waals surface area (Å²) in [6, 6.07) is 7.45. The third-order valence-electron chi connectivity index (χ3n) is 2.34. The standard InChI is InChI=1S/C13H15N3OS/c1-9(2)17-11-6-3-7-15-13(11)16-8-4-5-10(16)12(14)18/h3-9H,1-2H3,(H2,14,18). The van der Waals surface area contributed by atoms with Crippen LogP contribution in [0.2, 0.25) is 0 Å². The Balaban J connectivity index is 2.50. The van der Waals surface area contributed by atoms with Crippen LogP contribution in [0, 0.1) is 0 Å². The number of ether oxygens (including phenoxy) is 1. The lowest BCUT2D eigenvalue weighted by atomic mass is 10.3. The molecule has 0 aliphatic carbocycles. The maximum atomic E-state index is 5.74. The van der Waals surface area contributed by atoms with Gasteiger partial charge in [-0.25, -0.2) is 4.98 Å². The van der Waals surface area contributed by atoms with E-state index in [2.05, 4.69) is 4.98 Å². The zero-order valence-electron chi connectivity index (χ0n) is 10.3. The van der Waals surface area contributed by atoms with Crippen LogP contribution in [-0.2, 0) is 0 Å². The first-order valence-electron chi connectivity index (χ1n) is 5.69. The fourth-order valence-corrected chi connectivity index (χ4v) is 1.84. The molecule has 0 bridgehead atoms. The molecule has 0 spiro atoms. The van der Waals surface area contributed by atoms with Gasteiger partial charge in [0.2, 0.25) is 0 Å². The minimum Gasteiger partial charge on any atom is -0.487 e. The summed E-state index contributed by atoms with van der Waals surface area (Å²) in [5, 5.41) is 0. The number of pyridine rings is 1. The maximum absolute atomic E-state index is 5.74. The van der Waals surface area contributed by atoms with Crippen LogP contribution in [0.1, 0.15) is 19.5 Å². The van der Waals surface area contributed by atoms with E-state index in [1.807, 2.05) is 48.9 Å². The molecule has 0 aliphatic heterocycles. The van der Waals surface area contributed by atoms with Crippen LogP contribution >= 0.6 is 12.2 Å². The molecule has 2 heterocycles. The molecule has 2 aromatic heterocycles. The Morgan fingerprint density at radius 2 is 2.17 bits per heavy atom. The first-order valence-corrected chi connectivity index (χ1v) is 6.09. The summed E-state index contributed by atoms with van der Waals surface area (Å²) in [5.41, 5.74) is 6.44. The lowest BCUT2D eigenvalue weighted by Crippen LogP contribution is -2.16. The highest BCUT2D eigenvalue weighted by molar-refractivity contribution is 7.80. The van der Waals surface area contributed by atoms with Gasteiger partial charge >= 0.3 is 0 Å². The van der Waals surface area contributed by atoms with Gasteiger partial charge in [-0.2, -0.15) is 0 Å². The van der Waals surface area contributed by atoms with Gasteiger partial charge in [-0.05, 0) is 38.1 Å². The molecule has 4 nitrogen and oxygen atoms in total. The first-order chi connectivity index (χ1) is 8.59. The molecule has 0 aliphatic rings. The Morgan fingerprint density at radius 1 is 1.39 bits per heavy atom. The highest BCUT2D eigenvalue weighted by Crippen LogP contribution is 2.23. The van der Waals surface area contributed by atoms with Crippen molar-refractivity contribution < 1.29 is 4.74 Å². The van der Waals surface area contributed by atoms with Gasteiger partial charge in [-0.1, -0.05) is 12.2 Å². The van der Waals surface area contributed by atoms with Crippen molar-refractivity contribution in [3.05, 3.63) is 42.4 Å². The van der Waals surface area contributed by atoms with Crippen molar-refractivity contribution in [1.29, 1.82) is 0 Å². The minimum absolute atomic E-state index is 0.0804. The summed E-state index contributed by atoms with van der Waals surface area (Å²) in [6.45, 7) is 3.95. The molecule has 0 saturated heterocycles. The number of rotatable bonds is 4. The molecule has 2 N–H and O–H groups in total. The smallest absolute Gasteiger partial charge is 0.180 e. The van der Waals surface area contributed by atoms with Crippen molar-refractivity contribution in [2.45, 2.75) is 20.0 Å². The van der Waals surface area contributed by atoms with E-state index >= 15 is 0 Å². The quantitative estimate of drug-likeness (QED) is 0.858. The Hall–Kier alpha value is -1.88. The summed E-state index contributed by atoms with van der Waals surface area (Å²) < 4.78 is 7.57. The van der Waals surface area contributed by atoms with Gasteiger partial charge < -0.3 is 10.5 Å². The number of hydrogen-bond acceptors (Lipinski definition) is 3. The third kappa shape index (κ3) is 2.51. The van der Waals surface area contributed by atoms with Crippen molar-refractivity contribution in [3.8, 4) is 11.6 Å². The van der Waals surface area contributed by atoms with Crippen molar-refractivity contribution in [3.63, 3.8) is 0 Å². The monoisotopic (exact) mass is 261 g/mol. The predicted molar refractivity (Wildman–Crippen MR) is 75.2 cm³/mol. The average molecular weight is 261 g/mol. The van der Waals surface area contributed by atoms with Gasteiger partial charge in [0.1, 0.15) is 4.99 Å². The van der Waals surface area contributed by atoms with E-state index in [9.17, 15) is 0 Å². The van der Waals surface area contributed by atoms with Crippen molar-refractivity contribution in [2.75, 3.05) is 0 Å². The van der Waals surface area contributed by atoms with E-state index in [0.717, 1.165) is 5.69 Å². The highest BCUT2D eigenvalue weighted by atomic mass is 32.1. The molecule has 2 rings (SSSR count). The van der Waals surface area contributed by atoms with E-state index in [1.165, 1.54) is 0 Å². The molecule has 0 fully saturated rings. The van der Waals surface area contributed by atoms with Gasteiger partial charge in [0.05, 0.1) is 11.8 Å². The topological polar surface area (TPSA) is 53.1 Å². The van der Waals surface area contributed by atoms with E-state index in [0.29, 0.717) is 16.6 Å². The lowest BCUT2D eigenvalue weighted by molar-refractivity contribution is 0.241. The number of hydrogen-bond donors (Lipinski definition) is 1. The van der Waals surface area contributed by atoms with Gasteiger partial charge in [0.15, 0.2) is 11.6 Å². The second-order valence-electron chi connectivity index (χ2n) is 4.12. The van der Waals surface area contributed by atoms with Gasteiger partial charge in [-0.3, -0.25) is 4.57 Å². The number of nitrogens with zero attached hydrogens (tertiary/aromatic N) is 2. The molecule has 0 unspecified atom stereocenters. The first kappa shape index (κ1) is 12.6. The van der Waals surface area contributed by atoms with E-state index < -0.39 is 0 Å². The van der Waals surface area contributed by atoms with Crippen LogP contribution in [0.5, 0.6) is 5.75 Å². The predicted octanol–water partition coefficient (Wildman–Crippen LogP) is 2.29. The van der Waals surface area contributed by atoms with Crippen LogP contribution in [0.25, 0.3) is 5.82 Å². The Morgan fingerprint density at radius 3 is 2.83 bits per heavy atom. The van der Waals surface area contributed by atoms with E-state index in [1.54, 1.807) is 6.20 Å². The number of thiocarbonyl (C=S) groups is 1. The fraction of sp³-hybridized carbons (Fsp3) is 0.231. The van der Waals surface area contributed by atoms with Crippen molar-refractivity contribution in [2.24, 2.45) is 5.73 Å². The second kappa shape index (κ2) is 5.18. The summed E-state index contributed by atoms with van der Waals surface area (Å²) in [5.74, 6) is 1.40. The molecular formula is C13H15N3OS. The molecule has 0 radical (unpaired) electrons. The van der Waals surface area contributed by atoms with Crippen LogP contribution < -0.4 is 10.5 Å². The molecule has 18 heavy (non-hydrogen) atoms. The summed E-state index contributed by atoms with van der Waals surface area (Å²) >= 11 is 5.02. The minimum atomic E-state index is 0.0804. The van der Waals surface area contributed by atoms with Gasteiger partial charge in [0.25, 0.3) is 0 Å². The average Bonchev–Trinajstić information content (AvgIpc) is 2.77. The largest absolute Gasteiger partial charge is 0.487 e. The molecule has 0 atom stereocenters. The molecule has 94 valence electrons. The molecule has 0 amide bonds. The van der Waals surface area contributed by atoms with E-state index in [4.69, 9.17) is 22.7 Å². The Kier molecular flexibility index (Phi) is 3.62. The fourth-order valence-electron chi connectivity index (χ4n) is 1.68. The van der Waals surface area contributed by atoms with Crippen LogP contribution in [-0.4, -0.2) is 20.6 Å². The van der Waals surface area contributed by atoms with E-state index in [-0.39, 0.29) is 6.10 Å². The van der Waals surface area contributed by atoms with Crippen molar-refractivity contribution >= 4 is 17.2 Å². The third-order valence-corrected chi connectivity index (χ3v) is 2.55. The molecule has 5 heteroatoms. The molecule has 0 saturated carbocycles. The highest BCUT2D eigenvalue weighted by Gasteiger charge is 2.12. The zero-order valence-corrected chi connectivity index (χ0v) is 11.1. The summed E-state index contributed by atoms with van der Waals surface area (Å²) in [7, 11) is 0. The van der Waals surface area contributed by atoms with Crippen LogP contribution in [0.3, 0.4) is 0 Å². The molecule has 0 aromatic carbocycles. The lowest BCUT2D eigenvalue weighted by Gasteiger charge is -2.15. The van der Waals surface area contributed by atoms with Crippen molar-refractivity contribution in [1.82, 2.24) is 9.55 Å². The number of aromatic nitrogens is 2. The van der Waals surface area contributed by atoms with Crippen LogP contribution in [0.4, 0.5) is 0 Å². The Labute approximate surface area is 111 Å². The van der Waals surface area contributed by atoms with Gasteiger partial charge in [-0.15, -0.1) is 0 Å². The maximum Gasteiger partial charge on any atom is 0.180 e. The Bertz CT molecular complexity index is 563. The normalized spacial score (nSPS) is 10.6. The van der Waals surface area contributed by atoms with Gasteiger partial charge in [0, 0.05) is 12.4 Å².